The van der Waals surface area contributed by atoms with Gasteiger partial charge in [-0.25, -0.2) is 0 Å². The summed E-state index contributed by atoms with van der Waals surface area (Å²) in [6.45, 7) is 1.08. The van der Waals surface area contributed by atoms with Gasteiger partial charge in [0, 0.05) is 24.6 Å². The van der Waals surface area contributed by atoms with Crippen LogP contribution in [-0.4, -0.2) is 6.54 Å². The van der Waals surface area contributed by atoms with Crippen LogP contribution < -0.4 is 5.32 Å². The second-order valence-electron chi connectivity index (χ2n) is 4.94. The van der Waals surface area contributed by atoms with E-state index in [9.17, 15) is 0 Å². The first-order valence-corrected chi connectivity index (χ1v) is 6.23. The summed E-state index contributed by atoms with van der Waals surface area (Å²) in [5.74, 6) is 2.17. The second-order valence-corrected chi connectivity index (χ2v) is 4.94. The van der Waals surface area contributed by atoms with Crippen molar-refractivity contribution in [2.75, 3.05) is 6.54 Å². The van der Waals surface area contributed by atoms with Crippen molar-refractivity contribution in [3.05, 3.63) is 23.7 Å². The molecule has 1 unspecified atom stereocenters. The van der Waals surface area contributed by atoms with Gasteiger partial charge in [-0.2, -0.15) is 0 Å². The fourth-order valence-electron chi connectivity index (χ4n) is 3.12. The fourth-order valence-corrected chi connectivity index (χ4v) is 3.12. The topological polar surface area (TPSA) is 25.2 Å². The maximum atomic E-state index is 5.51. The van der Waals surface area contributed by atoms with Crippen LogP contribution in [0.25, 0.3) is 0 Å². The molecule has 1 atom stereocenters. The Morgan fingerprint density at radius 3 is 3.07 bits per heavy atom. The van der Waals surface area contributed by atoms with E-state index in [-0.39, 0.29) is 0 Å². The maximum absolute atomic E-state index is 5.51. The van der Waals surface area contributed by atoms with E-state index in [4.69, 9.17) is 4.42 Å². The SMILES string of the molecule is c1cc2c(o1)CCNC2CC1CCCC1. The Bertz CT molecular complexity index is 325. The van der Waals surface area contributed by atoms with Crippen molar-refractivity contribution in [1.82, 2.24) is 5.32 Å². The lowest BCUT2D eigenvalue weighted by atomic mass is 9.91. The van der Waals surface area contributed by atoms with E-state index >= 15 is 0 Å². The van der Waals surface area contributed by atoms with Crippen molar-refractivity contribution < 1.29 is 4.42 Å². The molecule has 1 fully saturated rings. The summed E-state index contributed by atoms with van der Waals surface area (Å²) in [4.78, 5) is 0. The van der Waals surface area contributed by atoms with E-state index in [1.807, 2.05) is 6.26 Å². The molecule has 0 radical (unpaired) electrons. The van der Waals surface area contributed by atoms with Crippen LogP contribution in [0.5, 0.6) is 0 Å². The summed E-state index contributed by atoms with van der Waals surface area (Å²) in [5.41, 5.74) is 1.42. The minimum Gasteiger partial charge on any atom is -0.469 e. The number of rotatable bonds is 2. The molecular formula is C13H19NO. The van der Waals surface area contributed by atoms with Gasteiger partial charge in [0.15, 0.2) is 0 Å². The van der Waals surface area contributed by atoms with Gasteiger partial charge in [-0.05, 0) is 18.4 Å². The highest BCUT2D eigenvalue weighted by molar-refractivity contribution is 5.24. The Labute approximate surface area is 91.0 Å². The van der Waals surface area contributed by atoms with Gasteiger partial charge in [0.25, 0.3) is 0 Å². The van der Waals surface area contributed by atoms with Gasteiger partial charge in [0.05, 0.1) is 6.26 Å². The summed E-state index contributed by atoms with van der Waals surface area (Å²) in [7, 11) is 0. The summed E-state index contributed by atoms with van der Waals surface area (Å²) >= 11 is 0. The fraction of sp³-hybridized carbons (Fsp3) is 0.692. The lowest BCUT2D eigenvalue weighted by molar-refractivity contribution is 0.364. The van der Waals surface area contributed by atoms with E-state index in [0.29, 0.717) is 6.04 Å². The van der Waals surface area contributed by atoms with Crippen LogP contribution in [0.3, 0.4) is 0 Å². The number of furan rings is 1. The van der Waals surface area contributed by atoms with E-state index < -0.39 is 0 Å². The smallest absolute Gasteiger partial charge is 0.109 e. The van der Waals surface area contributed by atoms with Crippen LogP contribution in [0.2, 0.25) is 0 Å². The van der Waals surface area contributed by atoms with E-state index in [2.05, 4.69) is 11.4 Å². The van der Waals surface area contributed by atoms with E-state index in [0.717, 1.165) is 18.9 Å². The zero-order valence-electron chi connectivity index (χ0n) is 9.17. The van der Waals surface area contributed by atoms with Crippen LogP contribution in [0.15, 0.2) is 16.7 Å². The molecule has 1 N–H and O–H groups in total. The van der Waals surface area contributed by atoms with Gasteiger partial charge in [-0.3, -0.25) is 0 Å². The molecule has 1 aliphatic heterocycles. The first-order valence-electron chi connectivity index (χ1n) is 6.23. The van der Waals surface area contributed by atoms with Gasteiger partial charge in [-0.15, -0.1) is 0 Å². The van der Waals surface area contributed by atoms with E-state index in [1.165, 1.54) is 43.4 Å². The van der Waals surface area contributed by atoms with Crippen LogP contribution in [0.1, 0.15) is 49.5 Å². The number of nitrogens with one attached hydrogen (secondary N) is 1. The molecule has 0 aromatic carbocycles. The lowest BCUT2D eigenvalue weighted by Gasteiger charge is -2.25. The highest BCUT2D eigenvalue weighted by Crippen LogP contribution is 2.35. The van der Waals surface area contributed by atoms with Crippen molar-refractivity contribution in [2.45, 2.75) is 44.6 Å². The summed E-state index contributed by atoms with van der Waals surface area (Å²) in [6.07, 6.45) is 9.97. The van der Waals surface area contributed by atoms with Gasteiger partial charge in [-0.1, -0.05) is 25.7 Å². The highest BCUT2D eigenvalue weighted by atomic mass is 16.3. The van der Waals surface area contributed by atoms with E-state index in [1.54, 1.807) is 0 Å². The van der Waals surface area contributed by atoms with Crippen LogP contribution in [0, 0.1) is 5.92 Å². The third-order valence-corrected chi connectivity index (χ3v) is 3.94. The predicted molar refractivity (Wildman–Crippen MR) is 59.7 cm³/mol. The lowest BCUT2D eigenvalue weighted by Crippen LogP contribution is -2.30. The summed E-state index contributed by atoms with van der Waals surface area (Å²) < 4.78 is 5.51. The Balaban J connectivity index is 1.72. The third-order valence-electron chi connectivity index (χ3n) is 3.94. The number of fused-ring (bicyclic) bond motifs is 1. The maximum Gasteiger partial charge on any atom is 0.109 e. The minimum absolute atomic E-state index is 0.565. The van der Waals surface area contributed by atoms with Gasteiger partial charge < -0.3 is 9.73 Å². The quantitative estimate of drug-likeness (QED) is 0.802. The molecule has 1 saturated carbocycles. The molecular weight excluding hydrogens is 186 g/mol. The van der Waals surface area contributed by atoms with Crippen molar-refractivity contribution in [3.63, 3.8) is 0 Å². The first-order chi connectivity index (χ1) is 7.43. The van der Waals surface area contributed by atoms with Gasteiger partial charge in [0.1, 0.15) is 5.76 Å². The molecule has 1 aromatic heterocycles. The largest absolute Gasteiger partial charge is 0.469 e. The molecule has 2 heteroatoms. The molecule has 3 rings (SSSR count). The van der Waals surface area contributed by atoms with Crippen LogP contribution >= 0.6 is 0 Å². The molecule has 1 aromatic rings. The molecule has 2 heterocycles. The summed E-state index contributed by atoms with van der Waals surface area (Å²) in [6, 6.07) is 2.72. The number of hydrogen-bond donors (Lipinski definition) is 1. The second kappa shape index (κ2) is 4.01. The predicted octanol–water partition coefficient (Wildman–Crippen LogP) is 3.05. The monoisotopic (exact) mass is 205 g/mol. The van der Waals surface area contributed by atoms with Crippen LogP contribution in [-0.2, 0) is 6.42 Å². The number of hydrogen-bond acceptors (Lipinski definition) is 2. The van der Waals surface area contributed by atoms with Crippen LogP contribution in [0.4, 0.5) is 0 Å². The van der Waals surface area contributed by atoms with Gasteiger partial charge >= 0.3 is 0 Å². The zero-order valence-corrected chi connectivity index (χ0v) is 9.17. The molecule has 82 valence electrons. The zero-order chi connectivity index (χ0) is 10.1. The average molecular weight is 205 g/mol. The standard InChI is InChI=1S/C13H19NO/c1-2-4-10(3-1)9-12-11-6-8-15-13(11)5-7-14-12/h6,8,10,12,14H,1-5,7,9H2. The third kappa shape index (κ3) is 1.83. The molecule has 2 nitrogen and oxygen atoms in total. The minimum atomic E-state index is 0.565. The Hall–Kier alpha value is -0.760. The molecule has 1 aliphatic carbocycles. The molecule has 15 heavy (non-hydrogen) atoms. The normalized spacial score (nSPS) is 26.8. The first kappa shape index (κ1) is 9.46. The van der Waals surface area contributed by atoms with Crippen molar-refractivity contribution in [2.24, 2.45) is 5.92 Å². The summed E-state index contributed by atoms with van der Waals surface area (Å²) in [5, 5.41) is 3.63. The van der Waals surface area contributed by atoms with Crippen molar-refractivity contribution in [3.8, 4) is 0 Å². The Kier molecular flexibility index (Phi) is 2.53. The Morgan fingerprint density at radius 1 is 1.33 bits per heavy atom. The van der Waals surface area contributed by atoms with Crippen molar-refractivity contribution in [1.29, 1.82) is 0 Å². The van der Waals surface area contributed by atoms with Crippen molar-refractivity contribution >= 4 is 0 Å². The average Bonchev–Trinajstić information content (AvgIpc) is 2.87. The Morgan fingerprint density at radius 2 is 2.20 bits per heavy atom. The molecule has 0 saturated heterocycles. The molecule has 0 bridgehead atoms. The molecule has 0 amide bonds. The molecule has 2 aliphatic rings. The highest BCUT2D eigenvalue weighted by Gasteiger charge is 2.26. The van der Waals surface area contributed by atoms with Gasteiger partial charge in [0.2, 0.25) is 0 Å². The molecule has 0 spiro atoms.